The smallest absolute Gasteiger partial charge is 0.128 e. The van der Waals surface area contributed by atoms with Crippen LogP contribution in [-0.2, 0) is 0 Å². The molecule has 1 aliphatic rings. The zero-order chi connectivity index (χ0) is 10.9. The van der Waals surface area contributed by atoms with E-state index in [1.165, 1.54) is 6.08 Å². The highest BCUT2D eigenvalue weighted by atomic mass is 79.9. The summed E-state index contributed by atoms with van der Waals surface area (Å²) in [7, 11) is 0. The monoisotopic (exact) mass is 330 g/mol. The van der Waals surface area contributed by atoms with Crippen LogP contribution < -0.4 is 0 Å². The van der Waals surface area contributed by atoms with Crippen molar-refractivity contribution in [3.63, 3.8) is 0 Å². The quantitative estimate of drug-likeness (QED) is 0.647. The van der Waals surface area contributed by atoms with Gasteiger partial charge in [0.25, 0.3) is 0 Å². The molecular formula is C12H9Br2F. The Hall–Kier alpha value is -0.410. The highest BCUT2D eigenvalue weighted by molar-refractivity contribution is 9.25. The van der Waals surface area contributed by atoms with E-state index >= 15 is 0 Å². The van der Waals surface area contributed by atoms with Gasteiger partial charge in [-0.15, -0.1) is 0 Å². The Morgan fingerprint density at radius 2 is 1.80 bits per heavy atom. The summed E-state index contributed by atoms with van der Waals surface area (Å²) in [6.07, 6.45) is 4.05. The zero-order valence-electron chi connectivity index (χ0n) is 7.88. The van der Waals surface area contributed by atoms with Gasteiger partial charge in [0.1, 0.15) is 9.06 Å². The molecule has 0 aliphatic heterocycles. The van der Waals surface area contributed by atoms with E-state index in [2.05, 4.69) is 31.9 Å². The lowest BCUT2D eigenvalue weighted by Gasteiger charge is -2.26. The van der Waals surface area contributed by atoms with Crippen LogP contribution in [0.3, 0.4) is 0 Å². The molecule has 0 unspecified atom stereocenters. The van der Waals surface area contributed by atoms with Gasteiger partial charge in [0.15, 0.2) is 0 Å². The second kappa shape index (κ2) is 4.22. The van der Waals surface area contributed by atoms with Gasteiger partial charge in [0.05, 0.1) is 0 Å². The van der Waals surface area contributed by atoms with Crippen molar-refractivity contribution >= 4 is 37.4 Å². The number of hydrogen-bond donors (Lipinski definition) is 0. The Bertz CT molecular complexity index is 419. The highest BCUT2D eigenvalue weighted by Crippen LogP contribution is 2.47. The van der Waals surface area contributed by atoms with Gasteiger partial charge in [0.2, 0.25) is 0 Å². The van der Waals surface area contributed by atoms with E-state index < -0.39 is 3.23 Å². The molecule has 0 radical (unpaired) electrons. The zero-order valence-corrected chi connectivity index (χ0v) is 11.1. The standard InChI is InChI=1S/C12H9Br2F/c13-12(14)8-4-7-10(15)11(12)9-5-2-1-3-6-9/h1-7H,8H2. The molecule has 0 bridgehead atoms. The van der Waals surface area contributed by atoms with E-state index in [-0.39, 0.29) is 5.83 Å². The molecule has 2 rings (SSSR count). The molecule has 0 heterocycles. The van der Waals surface area contributed by atoms with Crippen molar-refractivity contribution in [3.8, 4) is 0 Å². The van der Waals surface area contributed by atoms with Crippen LogP contribution in [0.15, 0.2) is 48.3 Å². The topological polar surface area (TPSA) is 0 Å². The van der Waals surface area contributed by atoms with Crippen LogP contribution >= 0.6 is 31.9 Å². The van der Waals surface area contributed by atoms with E-state index in [0.29, 0.717) is 5.57 Å². The van der Waals surface area contributed by atoms with E-state index in [4.69, 9.17) is 0 Å². The Morgan fingerprint density at radius 3 is 2.40 bits per heavy atom. The summed E-state index contributed by atoms with van der Waals surface area (Å²) in [5, 5.41) is 0. The maximum absolute atomic E-state index is 13.8. The van der Waals surface area contributed by atoms with Crippen LogP contribution in [0, 0.1) is 0 Å². The summed E-state index contributed by atoms with van der Waals surface area (Å²) in [5.74, 6) is -0.193. The van der Waals surface area contributed by atoms with Gasteiger partial charge in [-0.1, -0.05) is 68.3 Å². The highest BCUT2D eigenvalue weighted by Gasteiger charge is 2.32. The summed E-state index contributed by atoms with van der Waals surface area (Å²) >= 11 is 7.01. The fourth-order valence-corrected chi connectivity index (χ4v) is 2.83. The van der Waals surface area contributed by atoms with Gasteiger partial charge in [-0.25, -0.2) is 4.39 Å². The van der Waals surface area contributed by atoms with Gasteiger partial charge >= 0.3 is 0 Å². The van der Waals surface area contributed by atoms with E-state index in [9.17, 15) is 4.39 Å². The minimum absolute atomic E-state index is 0.193. The third kappa shape index (κ3) is 2.23. The lowest BCUT2D eigenvalue weighted by Crippen LogP contribution is -2.16. The third-order valence-electron chi connectivity index (χ3n) is 2.31. The van der Waals surface area contributed by atoms with Crippen molar-refractivity contribution in [2.24, 2.45) is 0 Å². The summed E-state index contributed by atoms with van der Waals surface area (Å²) < 4.78 is 13.3. The van der Waals surface area contributed by atoms with Gasteiger partial charge < -0.3 is 0 Å². The van der Waals surface area contributed by atoms with Crippen molar-refractivity contribution in [1.29, 1.82) is 0 Å². The van der Waals surface area contributed by atoms with Gasteiger partial charge in [-0.3, -0.25) is 0 Å². The molecule has 3 heteroatoms. The molecule has 0 aromatic heterocycles. The van der Waals surface area contributed by atoms with Crippen molar-refractivity contribution in [2.45, 2.75) is 9.65 Å². The summed E-state index contributed by atoms with van der Waals surface area (Å²) in [6.45, 7) is 0. The molecular weight excluding hydrogens is 323 g/mol. The van der Waals surface area contributed by atoms with Crippen LogP contribution in [0.25, 0.3) is 5.57 Å². The Morgan fingerprint density at radius 1 is 1.13 bits per heavy atom. The van der Waals surface area contributed by atoms with Crippen LogP contribution in [0.4, 0.5) is 4.39 Å². The Balaban J connectivity index is 2.54. The molecule has 0 N–H and O–H groups in total. The molecule has 0 spiro atoms. The molecule has 0 atom stereocenters. The van der Waals surface area contributed by atoms with Crippen molar-refractivity contribution < 1.29 is 4.39 Å². The maximum Gasteiger partial charge on any atom is 0.128 e. The summed E-state index contributed by atoms with van der Waals surface area (Å²) in [5.41, 5.74) is 1.55. The first kappa shape index (κ1) is 11.1. The molecule has 0 saturated carbocycles. The number of benzene rings is 1. The van der Waals surface area contributed by atoms with Crippen LogP contribution in [0.1, 0.15) is 12.0 Å². The number of alkyl halides is 2. The molecule has 1 aliphatic carbocycles. The fraction of sp³-hybridized carbons (Fsp3) is 0.167. The largest absolute Gasteiger partial charge is 0.207 e. The Kier molecular flexibility index (Phi) is 3.12. The predicted molar refractivity (Wildman–Crippen MR) is 68.8 cm³/mol. The normalized spacial score (nSPS) is 19.4. The molecule has 78 valence electrons. The van der Waals surface area contributed by atoms with Crippen molar-refractivity contribution in [2.75, 3.05) is 0 Å². The molecule has 0 fully saturated rings. The second-order valence-corrected chi connectivity index (χ2v) is 7.17. The summed E-state index contributed by atoms with van der Waals surface area (Å²) in [6, 6.07) is 9.55. The fourth-order valence-electron chi connectivity index (χ4n) is 1.62. The lowest BCUT2D eigenvalue weighted by molar-refractivity contribution is 0.659. The van der Waals surface area contributed by atoms with E-state index in [0.717, 1.165) is 12.0 Å². The average Bonchev–Trinajstić information content (AvgIpc) is 2.17. The van der Waals surface area contributed by atoms with Gasteiger partial charge in [-0.05, 0) is 18.1 Å². The first-order valence-electron chi connectivity index (χ1n) is 4.61. The van der Waals surface area contributed by atoms with Crippen molar-refractivity contribution in [3.05, 3.63) is 53.9 Å². The number of allylic oxidation sites excluding steroid dienone is 4. The van der Waals surface area contributed by atoms with E-state index in [1.807, 2.05) is 36.4 Å². The maximum atomic E-state index is 13.8. The van der Waals surface area contributed by atoms with Crippen LogP contribution in [-0.4, -0.2) is 3.23 Å². The first-order chi connectivity index (χ1) is 7.11. The van der Waals surface area contributed by atoms with Crippen molar-refractivity contribution in [1.82, 2.24) is 0 Å². The van der Waals surface area contributed by atoms with Crippen LogP contribution in [0.2, 0.25) is 0 Å². The van der Waals surface area contributed by atoms with E-state index in [1.54, 1.807) is 0 Å². The molecule has 0 saturated heterocycles. The first-order valence-corrected chi connectivity index (χ1v) is 6.20. The Labute approximate surface area is 105 Å². The minimum Gasteiger partial charge on any atom is -0.207 e. The third-order valence-corrected chi connectivity index (χ3v) is 3.75. The molecule has 0 nitrogen and oxygen atoms in total. The molecule has 1 aromatic carbocycles. The second-order valence-electron chi connectivity index (χ2n) is 3.40. The van der Waals surface area contributed by atoms with Gasteiger partial charge in [0, 0.05) is 5.57 Å². The summed E-state index contributed by atoms with van der Waals surface area (Å²) in [4.78, 5) is 0. The van der Waals surface area contributed by atoms with Crippen LogP contribution in [0.5, 0.6) is 0 Å². The lowest BCUT2D eigenvalue weighted by atomic mass is 9.96. The molecule has 1 aromatic rings. The molecule has 15 heavy (non-hydrogen) atoms. The number of halogens is 3. The average molecular weight is 332 g/mol. The minimum atomic E-state index is -0.486. The molecule has 0 amide bonds. The van der Waals surface area contributed by atoms with Gasteiger partial charge in [-0.2, -0.15) is 0 Å². The predicted octanol–water partition coefficient (Wildman–Crippen LogP) is 4.81. The number of rotatable bonds is 1. The number of hydrogen-bond acceptors (Lipinski definition) is 0. The SMILES string of the molecule is FC1=C(c2ccccc2)C(Br)(Br)CC=C1.